The van der Waals surface area contributed by atoms with Crippen molar-refractivity contribution in [2.75, 3.05) is 7.11 Å². The van der Waals surface area contributed by atoms with E-state index in [2.05, 4.69) is 27.7 Å². The Morgan fingerprint density at radius 2 is 1.69 bits per heavy atom. The molecule has 2 aliphatic carbocycles. The third-order valence-corrected chi connectivity index (χ3v) is 6.60. The number of hydrogen-bond donors (Lipinski definition) is 0. The Morgan fingerprint density at radius 3 is 2.38 bits per heavy atom. The van der Waals surface area contributed by atoms with Crippen molar-refractivity contribution in [3.63, 3.8) is 0 Å². The maximum atomic E-state index is 13.3. The molecule has 29 heavy (non-hydrogen) atoms. The van der Waals surface area contributed by atoms with Gasteiger partial charge in [-0.3, -0.25) is 14.6 Å². The van der Waals surface area contributed by atoms with Gasteiger partial charge in [-0.15, -0.1) is 0 Å². The van der Waals surface area contributed by atoms with Gasteiger partial charge in [0.1, 0.15) is 11.5 Å². The molecule has 1 fully saturated rings. The van der Waals surface area contributed by atoms with E-state index >= 15 is 0 Å². The Hall–Kier alpha value is -1.94. The molecule has 0 aromatic heterocycles. The summed E-state index contributed by atoms with van der Waals surface area (Å²) in [5.41, 5.74) is 2.99. The van der Waals surface area contributed by atoms with Crippen LogP contribution in [0.1, 0.15) is 64.9 Å². The number of carbonyl (C=O) groups excluding carboxylic acids is 2. The van der Waals surface area contributed by atoms with Gasteiger partial charge in [0, 0.05) is 46.3 Å². The van der Waals surface area contributed by atoms with E-state index in [0.29, 0.717) is 29.2 Å². The van der Waals surface area contributed by atoms with Crippen LogP contribution in [0.4, 0.5) is 0 Å². The van der Waals surface area contributed by atoms with Gasteiger partial charge in [0.2, 0.25) is 0 Å². The highest BCUT2D eigenvalue weighted by Gasteiger charge is 2.50. The van der Waals surface area contributed by atoms with Crippen LogP contribution in [0.2, 0.25) is 5.02 Å². The highest BCUT2D eigenvalue weighted by Crippen LogP contribution is 2.53. The van der Waals surface area contributed by atoms with Gasteiger partial charge in [0.05, 0.1) is 13.0 Å². The van der Waals surface area contributed by atoms with Gasteiger partial charge in [-0.05, 0) is 41.9 Å². The van der Waals surface area contributed by atoms with Crippen LogP contribution in [0.15, 0.2) is 34.5 Å². The molecule has 4 rings (SSSR count). The number of ketones is 2. The number of Topliss-reactive ketones (excluding diaryl/α,β-unsaturated/α-hetero) is 2. The molecule has 1 unspecified atom stereocenters. The molecule has 4 nitrogen and oxygen atoms in total. The summed E-state index contributed by atoms with van der Waals surface area (Å²) in [4.78, 5) is 31.6. The van der Waals surface area contributed by atoms with Crippen molar-refractivity contribution < 1.29 is 14.3 Å². The van der Waals surface area contributed by atoms with Gasteiger partial charge in [-0.2, -0.15) is 0 Å². The number of aliphatic imine (C=N–C) groups is 1. The molecular formula is C24H28ClNO3. The average Bonchev–Trinajstić information content (AvgIpc) is 2.57. The second kappa shape index (κ2) is 6.80. The van der Waals surface area contributed by atoms with Crippen LogP contribution in [-0.2, 0) is 9.59 Å². The summed E-state index contributed by atoms with van der Waals surface area (Å²) in [7, 11) is 1.61. The minimum atomic E-state index is -0.417. The van der Waals surface area contributed by atoms with Crippen LogP contribution in [-0.4, -0.2) is 24.4 Å². The second-order valence-electron chi connectivity index (χ2n) is 10.2. The third kappa shape index (κ3) is 3.56. The van der Waals surface area contributed by atoms with Crippen LogP contribution in [0.5, 0.6) is 5.75 Å². The molecule has 1 aliphatic heterocycles. The summed E-state index contributed by atoms with van der Waals surface area (Å²) < 4.78 is 5.62. The lowest BCUT2D eigenvalue weighted by molar-refractivity contribution is -0.124. The standard InChI is InChI=1S/C24H28ClNO3/c1-23(2)9-15-21(17(27)11-23)20(14-8-13(25)6-7-19(14)29-5)22-16(26-15)10-24(3,4)12-18(22)28/h6-8,20-21H,9-12H2,1-5H3/t20-,21?/m0/s1. The molecule has 1 saturated carbocycles. The van der Waals surface area contributed by atoms with Gasteiger partial charge in [0.25, 0.3) is 0 Å². The maximum absolute atomic E-state index is 13.3. The Kier molecular flexibility index (Phi) is 4.77. The number of rotatable bonds is 2. The quantitative estimate of drug-likeness (QED) is 0.639. The lowest BCUT2D eigenvalue weighted by Crippen LogP contribution is -2.45. The van der Waals surface area contributed by atoms with Crippen LogP contribution >= 0.6 is 11.6 Å². The van der Waals surface area contributed by atoms with E-state index in [1.54, 1.807) is 13.2 Å². The van der Waals surface area contributed by atoms with E-state index in [-0.39, 0.29) is 28.3 Å². The number of methoxy groups -OCH3 is 1. The molecule has 0 radical (unpaired) electrons. The summed E-state index contributed by atoms with van der Waals surface area (Å²) in [6.07, 6.45) is 2.44. The minimum Gasteiger partial charge on any atom is -0.496 e. The fourth-order valence-corrected chi connectivity index (χ4v) is 5.48. The number of hydrogen-bond acceptors (Lipinski definition) is 4. The van der Waals surface area contributed by atoms with Gasteiger partial charge in [0.15, 0.2) is 5.78 Å². The SMILES string of the molecule is COc1ccc(Cl)cc1[C@@H]1C2=C(CC(C)(C)CC2=O)N=C2CC(C)(C)CC(=O)C21. The molecule has 1 aromatic carbocycles. The fraction of sp³-hybridized carbons (Fsp3) is 0.542. The lowest BCUT2D eigenvalue weighted by atomic mass is 9.60. The fourth-order valence-electron chi connectivity index (χ4n) is 5.30. The second-order valence-corrected chi connectivity index (χ2v) is 10.7. The highest BCUT2D eigenvalue weighted by molar-refractivity contribution is 6.30. The first-order valence-corrected chi connectivity index (χ1v) is 10.6. The molecule has 3 aliphatic rings. The third-order valence-electron chi connectivity index (χ3n) is 6.36. The van der Waals surface area contributed by atoms with Gasteiger partial charge in [-0.25, -0.2) is 0 Å². The van der Waals surface area contributed by atoms with E-state index in [9.17, 15) is 9.59 Å². The van der Waals surface area contributed by atoms with Crippen molar-refractivity contribution in [1.82, 2.24) is 0 Å². The zero-order valence-corrected chi connectivity index (χ0v) is 18.5. The van der Waals surface area contributed by atoms with E-state index in [4.69, 9.17) is 21.3 Å². The minimum absolute atomic E-state index is 0.0868. The van der Waals surface area contributed by atoms with Crippen LogP contribution in [0.3, 0.4) is 0 Å². The van der Waals surface area contributed by atoms with E-state index in [1.165, 1.54) is 0 Å². The summed E-state index contributed by atoms with van der Waals surface area (Å²) >= 11 is 6.34. The summed E-state index contributed by atoms with van der Waals surface area (Å²) in [6.45, 7) is 8.43. The van der Waals surface area contributed by atoms with E-state index in [1.807, 2.05) is 12.1 Å². The number of fused-ring (bicyclic) bond motifs is 1. The average molecular weight is 414 g/mol. The number of nitrogens with zero attached hydrogens (tertiary/aromatic N) is 1. The van der Waals surface area contributed by atoms with Crippen LogP contribution < -0.4 is 4.74 Å². The van der Waals surface area contributed by atoms with Crippen molar-refractivity contribution in [2.24, 2.45) is 21.7 Å². The zero-order valence-electron chi connectivity index (χ0n) is 17.8. The molecule has 154 valence electrons. The number of allylic oxidation sites excluding steroid dienone is 2. The van der Waals surface area contributed by atoms with Crippen LogP contribution in [0.25, 0.3) is 0 Å². The highest BCUT2D eigenvalue weighted by atomic mass is 35.5. The number of carbonyl (C=O) groups is 2. The Morgan fingerprint density at radius 1 is 1.00 bits per heavy atom. The number of benzene rings is 1. The Balaban J connectivity index is 1.96. The monoisotopic (exact) mass is 413 g/mol. The topological polar surface area (TPSA) is 55.7 Å². The largest absolute Gasteiger partial charge is 0.496 e. The molecule has 0 amide bonds. The normalized spacial score (nSPS) is 27.9. The Bertz CT molecular complexity index is 970. The summed E-state index contributed by atoms with van der Waals surface area (Å²) in [5, 5.41) is 0.569. The molecule has 2 atom stereocenters. The first-order chi connectivity index (χ1) is 13.5. The van der Waals surface area contributed by atoms with Crippen molar-refractivity contribution in [1.29, 1.82) is 0 Å². The number of ether oxygens (including phenoxy) is 1. The van der Waals surface area contributed by atoms with Crippen molar-refractivity contribution in [3.8, 4) is 5.75 Å². The van der Waals surface area contributed by atoms with Crippen molar-refractivity contribution in [2.45, 2.75) is 59.3 Å². The molecule has 0 spiro atoms. The van der Waals surface area contributed by atoms with Crippen molar-refractivity contribution in [3.05, 3.63) is 40.1 Å². The smallest absolute Gasteiger partial charge is 0.161 e. The van der Waals surface area contributed by atoms with Crippen LogP contribution in [0, 0.1) is 16.7 Å². The molecule has 0 bridgehead atoms. The Labute approximate surface area is 177 Å². The predicted octanol–water partition coefficient (Wildman–Crippen LogP) is 5.54. The summed E-state index contributed by atoms with van der Waals surface area (Å²) in [6, 6.07) is 5.44. The zero-order chi connectivity index (χ0) is 21.1. The molecule has 0 saturated heterocycles. The number of halogens is 1. The van der Waals surface area contributed by atoms with Gasteiger partial charge < -0.3 is 4.74 Å². The van der Waals surface area contributed by atoms with Gasteiger partial charge >= 0.3 is 0 Å². The van der Waals surface area contributed by atoms with Gasteiger partial charge in [-0.1, -0.05) is 39.3 Å². The lowest BCUT2D eigenvalue weighted by Gasteiger charge is -2.44. The maximum Gasteiger partial charge on any atom is 0.161 e. The molecule has 0 N–H and O–H groups in total. The first-order valence-electron chi connectivity index (χ1n) is 10.2. The summed E-state index contributed by atoms with van der Waals surface area (Å²) in [5.74, 6) is 0.0975. The molecular weight excluding hydrogens is 386 g/mol. The van der Waals surface area contributed by atoms with Crippen molar-refractivity contribution >= 4 is 28.9 Å². The van der Waals surface area contributed by atoms with E-state index < -0.39 is 5.92 Å². The predicted molar refractivity (Wildman–Crippen MR) is 115 cm³/mol. The molecule has 1 aromatic rings. The first kappa shape index (κ1) is 20.3. The molecule has 1 heterocycles. The van der Waals surface area contributed by atoms with E-state index in [0.717, 1.165) is 29.8 Å². The molecule has 5 heteroatoms.